The van der Waals surface area contributed by atoms with E-state index in [-0.39, 0.29) is 37.9 Å². The number of alkyl halides is 3. The summed E-state index contributed by atoms with van der Waals surface area (Å²) in [5.41, 5.74) is 0.186. The third kappa shape index (κ3) is 4.76. The lowest BCUT2D eigenvalue weighted by molar-refractivity contribution is -0.153. The summed E-state index contributed by atoms with van der Waals surface area (Å²) in [6.45, 7) is -0.122. The van der Waals surface area contributed by atoms with Crippen LogP contribution in [0.5, 0.6) is 0 Å². The fourth-order valence-corrected chi connectivity index (χ4v) is 5.53. The second-order valence-electron chi connectivity index (χ2n) is 7.70. The molecule has 2 aromatic carbocycles. The number of rotatable bonds is 5. The zero-order valence-corrected chi connectivity index (χ0v) is 17.3. The van der Waals surface area contributed by atoms with Gasteiger partial charge in [0.25, 0.3) is 0 Å². The first-order valence-corrected chi connectivity index (χ1v) is 11.3. The van der Waals surface area contributed by atoms with E-state index in [4.69, 9.17) is 4.74 Å². The third-order valence-corrected chi connectivity index (χ3v) is 7.32. The van der Waals surface area contributed by atoms with Crippen LogP contribution in [0.15, 0.2) is 54.6 Å². The molecular weight excluding hydrogens is 433 g/mol. The maximum absolute atomic E-state index is 13.0. The largest absolute Gasteiger partial charge is 0.416 e. The molecule has 2 aliphatic heterocycles. The van der Waals surface area contributed by atoms with Crippen molar-refractivity contribution < 1.29 is 31.1 Å². The van der Waals surface area contributed by atoms with Gasteiger partial charge in [-0.05, 0) is 23.3 Å². The van der Waals surface area contributed by atoms with Gasteiger partial charge in [0.1, 0.15) is 6.61 Å². The van der Waals surface area contributed by atoms with Crippen LogP contribution < -0.4 is 0 Å². The first-order valence-electron chi connectivity index (χ1n) is 9.72. The van der Waals surface area contributed by atoms with Gasteiger partial charge < -0.3 is 9.64 Å². The number of hydrogen-bond donors (Lipinski definition) is 0. The van der Waals surface area contributed by atoms with E-state index in [0.717, 1.165) is 12.1 Å². The van der Waals surface area contributed by atoms with E-state index >= 15 is 0 Å². The van der Waals surface area contributed by atoms with Gasteiger partial charge in [-0.1, -0.05) is 42.5 Å². The Kier molecular flexibility index (Phi) is 5.80. The lowest BCUT2D eigenvalue weighted by atomic mass is 10.1. The highest BCUT2D eigenvalue weighted by Crippen LogP contribution is 2.31. The highest BCUT2D eigenvalue weighted by molar-refractivity contribution is 7.88. The standard InChI is InChI=1S/C21H21F3N2O4S/c22-21(23,24)17-8-4-7-16(9-17)10-26-18-11-25(12-19(18)30-13-20(26)27)31(28,29)14-15-5-2-1-3-6-15/h1-9,18-19H,10-14H2/t18-,19+/m1/s1. The normalized spacial score (nSPS) is 22.5. The maximum Gasteiger partial charge on any atom is 0.416 e. The van der Waals surface area contributed by atoms with Gasteiger partial charge in [-0.2, -0.15) is 17.5 Å². The fourth-order valence-electron chi connectivity index (χ4n) is 3.98. The summed E-state index contributed by atoms with van der Waals surface area (Å²) in [5.74, 6) is -0.546. The molecule has 2 atom stereocenters. The molecule has 2 aliphatic rings. The van der Waals surface area contributed by atoms with Crippen molar-refractivity contribution in [2.24, 2.45) is 0 Å². The topological polar surface area (TPSA) is 66.9 Å². The van der Waals surface area contributed by atoms with E-state index in [2.05, 4.69) is 0 Å². The number of hydrogen-bond acceptors (Lipinski definition) is 4. The number of amides is 1. The molecular formula is C21H21F3N2O4S. The van der Waals surface area contributed by atoms with Crippen molar-refractivity contribution in [3.05, 3.63) is 71.3 Å². The first kappa shape index (κ1) is 21.8. The number of morpholine rings is 1. The Morgan fingerprint density at radius 3 is 2.42 bits per heavy atom. The lowest BCUT2D eigenvalue weighted by Gasteiger charge is -2.36. The monoisotopic (exact) mass is 454 g/mol. The van der Waals surface area contributed by atoms with Crippen molar-refractivity contribution in [3.8, 4) is 0 Å². The smallest absolute Gasteiger partial charge is 0.365 e. The van der Waals surface area contributed by atoms with Crippen LogP contribution in [0.25, 0.3) is 0 Å². The van der Waals surface area contributed by atoms with E-state index in [1.54, 1.807) is 30.3 Å². The van der Waals surface area contributed by atoms with Crippen molar-refractivity contribution in [1.29, 1.82) is 0 Å². The van der Waals surface area contributed by atoms with E-state index in [1.807, 2.05) is 0 Å². The van der Waals surface area contributed by atoms with E-state index in [1.165, 1.54) is 21.3 Å². The van der Waals surface area contributed by atoms with Crippen LogP contribution >= 0.6 is 0 Å². The zero-order valence-electron chi connectivity index (χ0n) is 16.5. The maximum atomic E-state index is 13.0. The molecule has 6 nitrogen and oxygen atoms in total. The predicted molar refractivity (Wildman–Crippen MR) is 106 cm³/mol. The molecule has 2 heterocycles. The average Bonchev–Trinajstić information content (AvgIpc) is 3.16. The summed E-state index contributed by atoms with van der Waals surface area (Å²) in [7, 11) is -3.64. The molecule has 0 saturated carbocycles. The third-order valence-electron chi connectivity index (χ3n) is 5.54. The molecule has 0 N–H and O–H groups in total. The number of halogens is 3. The number of fused-ring (bicyclic) bond motifs is 1. The lowest BCUT2D eigenvalue weighted by Crippen LogP contribution is -2.53. The highest BCUT2D eigenvalue weighted by Gasteiger charge is 2.46. The molecule has 2 saturated heterocycles. The Hall–Kier alpha value is -2.43. The average molecular weight is 454 g/mol. The summed E-state index contributed by atoms with van der Waals surface area (Å²) in [5, 5.41) is 0. The minimum absolute atomic E-state index is 0.0418. The molecule has 0 unspecified atom stereocenters. The Bertz CT molecular complexity index is 1060. The van der Waals surface area contributed by atoms with E-state index < -0.39 is 33.9 Å². The molecule has 10 heteroatoms. The number of carbonyl (C=O) groups excluding carboxylic acids is 1. The Labute approximate surface area is 178 Å². The Morgan fingerprint density at radius 1 is 1.00 bits per heavy atom. The minimum Gasteiger partial charge on any atom is -0.365 e. The molecule has 0 bridgehead atoms. The van der Waals surface area contributed by atoms with Gasteiger partial charge in [-0.25, -0.2) is 8.42 Å². The SMILES string of the molecule is O=C1CO[C@H]2CN(S(=O)(=O)Cc3ccccc3)C[C@H]2N1Cc1cccc(C(F)(F)F)c1. The van der Waals surface area contributed by atoms with Crippen LogP contribution in [0.1, 0.15) is 16.7 Å². The summed E-state index contributed by atoms with van der Waals surface area (Å²) in [6.07, 6.45) is -5.00. The van der Waals surface area contributed by atoms with Crippen LogP contribution in [0.4, 0.5) is 13.2 Å². The van der Waals surface area contributed by atoms with Crippen LogP contribution in [0, 0.1) is 0 Å². The summed E-state index contributed by atoms with van der Waals surface area (Å²) in [4.78, 5) is 13.9. The molecule has 0 aromatic heterocycles. The number of ether oxygens (including phenoxy) is 1. The van der Waals surface area contributed by atoms with Gasteiger partial charge in [-0.3, -0.25) is 4.79 Å². The molecule has 2 aromatic rings. The number of benzene rings is 2. The zero-order chi connectivity index (χ0) is 22.2. The predicted octanol–water partition coefficient (Wildman–Crippen LogP) is 2.65. The molecule has 31 heavy (non-hydrogen) atoms. The van der Waals surface area contributed by atoms with Gasteiger partial charge in [0.05, 0.1) is 23.5 Å². The van der Waals surface area contributed by atoms with Crippen molar-refractivity contribution in [1.82, 2.24) is 9.21 Å². The van der Waals surface area contributed by atoms with Crippen LogP contribution in [0.2, 0.25) is 0 Å². The number of sulfonamides is 1. The van der Waals surface area contributed by atoms with Crippen LogP contribution in [-0.2, 0) is 38.0 Å². The summed E-state index contributed by atoms with van der Waals surface area (Å²) < 4.78 is 71.7. The fraction of sp³-hybridized carbons (Fsp3) is 0.381. The van der Waals surface area contributed by atoms with E-state index in [0.29, 0.717) is 11.1 Å². The quantitative estimate of drug-likeness (QED) is 0.697. The molecule has 0 aliphatic carbocycles. The second-order valence-corrected chi connectivity index (χ2v) is 9.66. The van der Waals surface area contributed by atoms with E-state index in [9.17, 15) is 26.4 Å². The summed E-state index contributed by atoms with van der Waals surface area (Å²) >= 11 is 0. The van der Waals surface area contributed by atoms with Crippen molar-refractivity contribution in [2.75, 3.05) is 19.7 Å². The number of nitrogens with zero attached hydrogens (tertiary/aromatic N) is 2. The molecule has 0 spiro atoms. The molecule has 4 rings (SSSR count). The van der Waals surface area contributed by atoms with Crippen molar-refractivity contribution >= 4 is 15.9 Å². The molecule has 166 valence electrons. The van der Waals surface area contributed by atoms with Gasteiger partial charge >= 0.3 is 6.18 Å². The Morgan fingerprint density at radius 2 is 1.71 bits per heavy atom. The highest BCUT2D eigenvalue weighted by atomic mass is 32.2. The first-order chi connectivity index (χ1) is 14.6. The minimum atomic E-state index is -4.48. The molecule has 0 radical (unpaired) electrons. The van der Waals surface area contributed by atoms with Crippen molar-refractivity contribution in [2.45, 2.75) is 30.6 Å². The van der Waals surface area contributed by atoms with Crippen molar-refractivity contribution in [3.63, 3.8) is 0 Å². The molecule has 2 fully saturated rings. The van der Waals surface area contributed by atoms with Crippen LogP contribution in [0.3, 0.4) is 0 Å². The van der Waals surface area contributed by atoms with Gasteiger partial charge in [0.2, 0.25) is 15.9 Å². The second kappa shape index (κ2) is 8.25. The summed E-state index contributed by atoms with van der Waals surface area (Å²) in [6, 6.07) is 13.0. The van der Waals surface area contributed by atoms with Gasteiger partial charge in [-0.15, -0.1) is 0 Å². The molecule has 1 amide bonds. The van der Waals surface area contributed by atoms with Crippen LogP contribution in [-0.4, -0.2) is 55.4 Å². The Balaban J connectivity index is 1.52. The van der Waals surface area contributed by atoms with Gasteiger partial charge in [0.15, 0.2) is 0 Å². The number of carbonyl (C=O) groups is 1. The van der Waals surface area contributed by atoms with Gasteiger partial charge in [0, 0.05) is 19.6 Å².